The van der Waals surface area contributed by atoms with Crippen molar-refractivity contribution in [3.05, 3.63) is 54.1 Å². The zero-order valence-electron chi connectivity index (χ0n) is 19.5. The number of hydrogen-bond acceptors (Lipinski definition) is 6. The van der Waals surface area contributed by atoms with Crippen molar-refractivity contribution in [2.45, 2.75) is 38.6 Å². The first-order valence-electron chi connectivity index (χ1n) is 11.7. The summed E-state index contributed by atoms with van der Waals surface area (Å²) in [6.45, 7) is 1.76. The molecule has 2 aliphatic carbocycles. The molecule has 2 saturated carbocycles. The predicted octanol–water partition coefficient (Wildman–Crippen LogP) is 5.27. The van der Waals surface area contributed by atoms with E-state index in [-0.39, 0.29) is 24.1 Å². The molecule has 174 valence electrons. The molecule has 1 amide bonds. The van der Waals surface area contributed by atoms with Gasteiger partial charge in [0.15, 0.2) is 6.61 Å². The van der Waals surface area contributed by atoms with E-state index < -0.39 is 5.97 Å². The molecule has 2 aromatic rings. The van der Waals surface area contributed by atoms with E-state index in [1.165, 1.54) is 25.7 Å². The molecule has 0 radical (unpaired) electrons. The summed E-state index contributed by atoms with van der Waals surface area (Å²) in [5.41, 5.74) is 2.42. The van der Waals surface area contributed by atoms with Gasteiger partial charge in [-0.1, -0.05) is 18.6 Å². The summed E-state index contributed by atoms with van der Waals surface area (Å²) < 4.78 is 5.29. The van der Waals surface area contributed by atoms with Crippen LogP contribution in [0.2, 0.25) is 0 Å². The third-order valence-corrected chi connectivity index (χ3v) is 6.92. The molecule has 4 atom stereocenters. The molecular formula is C26H32N4O3. The number of carbonyl (C=O) groups is 2. The molecule has 0 aromatic heterocycles. The standard InChI is InChI=1S/C26H32N4O3/c1-17(23-15-18-8-9-19(23)14-18)27-25(31)16-33-26(32)22-6-4-5-7-24(22)29-28-20-10-12-21(13-11-20)30(2)3/h4-7,10-13,17-19,23H,8-9,14-16H2,1-3H3,(H,27,31)/t17-,18+,19+,23-/m0/s1. The molecule has 0 saturated heterocycles. The fourth-order valence-electron chi connectivity index (χ4n) is 5.18. The molecule has 7 heteroatoms. The second-order valence-corrected chi connectivity index (χ2v) is 9.40. The monoisotopic (exact) mass is 448 g/mol. The Hall–Kier alpha value is -3.22. The van der Waals surface area contributed by atoms with Crippen LogP contribution in [0.3, 0.4) is 0 Å². The van der Waals surface area contributed by atoms with Crippen LogP contribution in [0.5, 0.6) is 0 Å². The molecule has 2 aromatic carbocycles. The molecular weight excluding hydrogens is 416 g/mol. The minimum Gasteiger partial charge on any atom is -0.452 e. The number of nitrogens with one attached hydrogen (secondary N) is 1. The Bertz CT molecular complexity index is 1020. The van der Waals surface area contributed by atoms with Crippen LogP contribution >= 0.6 is 0 Å². The van der Waals surface area contributed by atoms with Gasteiger partial charge in [0.1, 0.15) is 5.69 Å². The van der Waals surface area contributed by atoms with Gasteiger partial charge in [-0.15, -0.1) is 5.11 Å². The SMILES string of the molecule is C[C@H](NC(=O)COC(=O)c1ccccc1N=Nc1ccc(N(C)C)cc1)[C@@H]1C[C@@H]2CC[C@@H]1C2. The van der Waals surface area contributed by atoms with Gasteiger partial charge >= 0.3 is 5.97 Å². The minimum atomic E-state index is -0.588. The Morgan fingerprint density at radius 1 is 1.06 bits per heavy atom. The van der Waals surface area contributed by atoms with Gasteiger partial charge in [-0.25, -0.2) is 4.79 Å². The normalized spacial score (nSPS) is 22.3. The molecule has 1 N–H and O–H groups in total. The van der Waals surface area contributed by atoms with E-state index in [4.69, 9.17) is 4.74 Å². The Morgan fingerprint density at radius 2 is 1.82 bits per heavy atom. The van der Waals surface area contributed by atoms with Crippen molar-refractivity contribution >= 4 is 28.9 Å². The summed E-state index contributed by atoms with van der Waals surface area (Å²) >= 11 is 0. The summed E-state index contributed by atoms with van der Waals surface area (Å²) in [7, 11) is 3.94. The van der Waals surface area contributed by atoms with Crippen molar-refractivity contribution in [2.75, 3.05) is 25.6 Å². The third kappa shape index (κ3) is 5.59. The summed E-state index contributed by atoms with van der Waals surface area (Å²) in [5.74, 6) is 1.24. The first kappa shape index (κ1) is 23.0. The summed E-state index contributed by atoms with van der Waals surface area (Å²) in [5, 5.41) is 11.5. The number of azo groups is 1. The second kappa shape index (κ2) is 10.1. The second-order valence-electron chi connectivity index (χ2n) is 9.40. The van der Waals surface area contributed by atoms with Crippen molar-refractivity contribution in [3.8, 4) is 0 Å². The molecule has 4 rings (SSSR count). The average molecular weight is 449 g/mol. The van der Waals surface area contributed by atoms with Gasteiger partial charge in [0.05, 0.1) is 11.3 Å². The van der Waals surface area contributed by atoms with Crippen LogP contribution in [0.25, 0.3) is 0 Å². The highest BCUT2D eigenvalue weighted by Gasteiger charge is 2.42. The molecule has 2 aliphatic rings. The van der Waals surface area contributed by atoms with Gasteiger partial charge in [0.25, 0.3) is 5.91 Å². The topological polar surface area (TPSA) is 83.4 Å². The third-order valence-electron chi connectivity index (χ3n) is 6.92. The van der Waals surface area contributed by atoms with Gasteiger partial charge in [0, 0.05) is 25.8 Å². The lowest BCUT2D eigenvalue weighted by atomic mass is 9.84. The highest BCUT2D eigenvalue weighted by atomic mass is 16.5. The number of hydrogen-bond donors (Lipinski definition) is 1. The first-order chi connectivity index (χ1) is 15.9. The summed E-state index contributed by atoms with van der Waals surface area (Å²) in [6, 6.07) is 14.6. The van der Waals surface area contributed by atoms with E-state index in [0.29, 0.717) is 17.3 Å². The highest BCUT2D eigenvalue weighted by molar-refractivity contribution is 5.96. The largest absolute Gasteiger partial charge is 0.452 e. The van der Waals surface area contributed by atoms with Gasteiger partial charge in [-0.3, -0.25) is 4.79 Å². The zero-order valence-corrected chi connectivity index (χ0v) is 19.5. The van der Waals surface area contributed by atoms with Crippen molar-refractivity contribution in [1.82, 2.24) is 5.32 Å². The van der Waals surface area contributed by atoms with Crippen molar-refractivity contribution in [1.29, 1.82) is 0 Å². The van der Waals surface area contributed by atoms with E-state index in [1.54, 1.807) is 24.3 Å². The number of carbonyl (C=O) groups excluding carboxylic acids is 2. The summed E-state index contributed by atoms with van der Waals surface area (Å²) in [4.78, 5) is 27.0. The maximum absolute atomic E-state index is 12.6. The Balaban J connectivity index is 1.32. The molecule has 0 aliphatic heterocycles. The first-order valence-corrected chi connectivity index (χ1v) is 11.7. The fraction of sp³-hybridized carbons (Fsp3) is 0.462. The number of nitrogens with zero attached hydrogens (tertiary/aromatic N) is 3. The fourth-order valence-corrected chi connectivity index (χ4v) is 5.18. The maximum atomic E-state index is 12.6. The van der Waals surface area contributed by atoms with Crippen LogP contribution in [0.1, 0.15) is 43.0 Å². The molecule has 0 unspecified atom stereocenters. The van der Waals surface area contributed by atoms with E-state index in [0.717, 1.165) is 17.5 Å². The van der Waals surface area contributed by atoms with Crippen LogP contribution in [-0.2, 0) is 9.53 Å². The van der Waals surface area contributed by atoms with Crippen LogP contribution in [0.15, 0.2) is 58.8 Å². The van der Waals surface area contributed by atoms with Crippen molar-refractivity contribution in [3.63, 3.8) is 0 Å². The van der Waals surface area contributed by atoms with Gasteiger partial charge in [-0.05, 0) is 80.3 Å². The molecule has 33 heavy (non-hydrogen) atoms. The lowest BCUT2D eigenvalue weighted by Gasteiger charge is -2.28. The number of benzene rings is 2. The molecule has 2 fully saturated rings. The quantitative estimate of drug-likeness (QED) is 0.441. The Labute approximate surface area is 195 Å². The average Bonchev–Trinajstić information content (AvgIpc) is 3.45. The molecule has 7 nitrogen and oxygen atoms in total. The molecule has 2 bridgehead atoms. The van der Waals surface area contributed by atoms with E-state index in [2.05, 4.69) is 22.5 Å². The molecule has 0 heterocycles. The Kier molecular flexibility index (Phi) is 7.06. The van der Waals surface area contributed by atoms with Crippen molar-refractivity contribution in [2.24, 2.45) is 28.0 Å². The van der Waals surface area contributed by atoms with Crippen LogP contribution in [0.4, 0.5) is 17.1 Å². The maximum Gasteiger partial charge on any atom is 0.340 e. The lowest BCUT2D eigenvalue weighted by Crippen LogP contribution is -2.42. The molecule has 0 spiro atoms. The predicted molar refractivity (Wildman–Crippen MR) is 128 cm³/mol. The number of ether oxygens (including phenoxy) is 1. The van der Waals surface area contributed by atoms with Crippen LogP contribution in [0, 0.1) is 17.8 Å². The number of fused-ring (bicyclic) bond motifs is 2. The number of esters is 1. The highest BCUT2D eigenvalue weighted by Crippen LogP contribution is 2.49. The zero-order chi connectivity index (χ0) is 23.4. The lowest BCUT2D eigenvalue weighted by molar-refractivity contribution is -0.125. The van der Waals surface area contributed by atoms with Crippen LogP contribution in [-0.4, -0.2) is 38.6 Å². The Morgan fingerprint density at radius 3 is 2.48 bits per heavy atom. The van der Waals surface area contributed by atoms with E-state index in [9.17, 15) is 9.59 Å². The van der Waals surface area contributed by atoms with E-state index in [1.807, 2.05) is 43.3 Å². The van der Waals surface area contributed by atoms with Crippen LogP contribution < -0.4 is 10.2 Å². The minimum absolute atomic E-state index is 0.103. The number of rotatable bonds is 8. The number of amides is 1. The smallest absolute Gasteiger partial charge is 0.340 e. The van der Waals surface area contributed by atoms with Gasteiger partial charge in [-0.2, -0.15) is 5.11 Å². The van der Waals surface area contributed by atoms with Crippen molar-refractivity contribution < 1.29 is 14.3 Å². The van der Waals surface area contributed by atoms with Gasteiger partial charge in [0.2, 0.25) is 0 Å². The van der Waals surface area contributed by atoms with Gasteiger partial charge < -0.3 is 15.0 Å². The summed E-state index contributed by atoms with van der Waals surface area (Å²) in [6.07, 6.45) is 5.10. The number of anilines is 1. The van der Waals surface area contributed by atoms with E-state index >= 15 is 0 Å².